The van der Waals surface area contributed by atoms with Gasteiger partial charge in [-0.1, -0.05) is 82.1 Å². The van der Waals surface area contributed by atoms with E-state index in [1.807, 2.05) is 38.3 Å². The van der Waals surface area contributed by atoms with E-state index in [4.69, 9.17) is 4.74 Å². The number of cyclic esters (lactones) is 1. The number of nitrogens with zero attached hydrogens (tertiary/aromatic N) is 1. The topological polar surface area (TPSA) is 140 Å². The second-order valence-electron chi connectivity index (χ2n) is 11.9. The van der Waals surface area contributed by atoms with Crippen LogP contribution in [0.1, 0.15) is 103 Å². The molecular formula is C35H53NO7S. The van der Waals surface area contributed by atoms with E-state index in [2.05, 4.69) is 11.9 Å². The van der Waals surface area contributed by atoms with Gasteiger partial charge in [0.1, 0.15) is 12.2 Å². The van der Waals surface area contributed by atoms with E-state index < -0.39 is 48.5 Å². The smallest absolute Gasteiger partial charge is 0.334 e. The van der Waals surface area contributed by atoms with Crippen LogP contribution >= 0.6 is 11.3 Å². The maximum absolute atomic E-state index is 13.6. The van der Waals surface area contributed by atoms with Crippen molar-refractivity contribution in [2.75, 3.05) is 0 Å². The lowest BCUT2D eigenvalue weighted by atomic mass is 9.87. The van der Waals surface area contributed by atoms with Crippen molar-refractivity contribution in [1.82, 2.24) is 4.98 Å². The Morgan fingerprint density at radius 1 is 1.16 bits per heavy atom. The van der Waals surface area contributed by atoms with E-state index in [0.29, 0.717) is 28.3 Å². The van der Waals surface area contributed by atoms with E-state index in [-0.39, 0.29) is 18.8 Å². The van der Waals surface area contributed by atoms with Gasteiger partial charge in [0, 0.05) is 35.6 Å². The van der Waals surface area contributed by atoms with Crippen molar-refractivity contribution in [2.24, 2.45) is 5.92 Å². The zero-order valence-corrected chi connectivity index (χ0v) is 27.9. The molecular weight excluding hydrogens is 578 g/mol. The lowest BCUT2D eigenvalue weighted by Gasteiger charge is -2.32. The first-order valence-corrected chi connectivity index (χ1v) is 16.7. The highest BCUT2D eigenvalue weighted by Gasteiger charge is 2.36. The SMILES string of the molecule is C/C=C(C)/C=C(\C)C(O)C(C)[C@H](O)[C@@H](O)[C@H]1CC=CC=C[C@H](O)C[C@@H](O)[C@H](C)c2nc(cs2)C=C(CCCCCC)C(=O)O1. The molecule has 8 atom stereocenters. The Balaban J connectivity index is 2.44. The van der Waals surface area contributed by atoms with Crippen LogP contribution in [0, 0.1) is 5.92 Å². The van der Waals surface area contributed by atoms with Gasteiger partial charge in [-0.2, -0.15) is 0 Å². The summed E-state index contributed by atoms with van der Waals surface area (Å²) >= 11 is 1.38. The lowest BCUT2D eigenvalue weighted by molar-refractivity contribution is -0.158. The number of rotatable bonds is 11. The van der Waals surface area contributed by atoms with Crippen LogP contribution in [-0.2, 0) is 9.53 Å². The first-order valence-electron chi connectivity index (χ1n) is 15.8. The number of esters is 1. The number of ether oxygens (including phenoxy) is 1. The normalized spacial score (nSPS) is 25.5. The fraction of sp³-hybridized carbons (Fsp3) is 0.600. The third-order valence-corrected chi connectivity index (χ3v) is 9.29. The number of aliphatic hydroxyl groups is 5. The molecule has 0 saturated carbocycles. The molecule has 246 valence electrons. The minimum atomic E-state index is -1.48. The van der Waals surface area contributed by atoms with Crippen molar-refractivity contribution in [2.45, 2.75) is 129 Å². The van der Waals surface area contributed by atoms with Crippen LogP contribution in [0.5, 0.6) is 0 Å². The molecule has 9 heteroatoms. The fourth-order valence-electron chi connectivity index (χ4n) is 5.04. The molecule has 1 aliphatic rings. The van der Waals surface area contributed by atoms with Gasteiger partial charge in [-0.3, -0.25) is 0 Å². The number of thiazole rings is 1. The summed E-state index contributed by atoms with van der Waals surface area (Å²) in [5.74, 6) is -1.66. The van der Waals surface area contributed by atoms with Crippen molar-refractivity contribution >= 4 is 23.4 Å². The van der Waals surface area contributed by atoms with Gasteiger partial charge in [-0.05, 0) is 45.3 Å². The van der Waals surface area contributed by atoms with Crippen LogP contribution in [0.2, 0.25) is 0 Å². The molecule has 0 fully saturated rings. The van der Waals surface area contributed by atoms with Gasteiger partial charge in [0.25, 0.3) is 0 Å². The summed E-state index contributed by atoms with van der Waals surface area (Å²) in [7, 11) is 0. The highest BCUT2D eigenvalue weighted by Crippen LogP contribution is 2.28. The summed E-state index contributed by atoms with van der Waals surface area (Å²) in [6.45, 7) is 11.2. The zero-order chi connectivity index (χ0) is 32.8. The number of unbranched alkanes of at least 4 members (excludes halogenated alkanes) is 3. The quantitative estimate of drug-likeness (QED) is 0.118. The minimum Gasteiger partial charge on any atom is -0.456 e. The molecule has 0 aromatic carbocycles. The predicted molar refractivity (Wildman–Crippen MR) is 177 cm³/mol. The molecule has 1 aliphatic heterocycles. The van der Waals surface area contributed by atoms with E-state index in [1.165, 1.54) is 11.3 Å². The van der Waals surface area contributed by atoms with E-state index in [0.717, 1.165) is 31.3 Å². The van der Waals surface area contributed by atoms with Crippen molar-refractivity contribution < 1.29 is 35.1 Å². The molecule has 0 spiro atoms. The van der Waals surface area contributed by atoms with E-state index in [1.54, 1.807) is 44.2 Å². The summed E-state index contributed by atoms with van der Waals surface area (Å²) in [5.41, 5.74) is 2.59. The van der Waals surface area contributed by atoms with Crippen molar-refractivity contribution in [1.29, 1.82) is 0 Å². The number of carbonyl (C=O) groups is 1. The van der Waals surface area contributed by atoms with Crippen molar-refractivity contribution in [3.05, 3.63) is 69.3 Å². The molecule has 0 saturated heterocycles. The molecule has 0 aliphatic carbocycles. The number of aromatic nitrogens is 1. The maximum Gasteiger partial charge on any atom is 0.334 e. The summed E-state index contributed by atoms with van der Waals surface area (Å²) in [6, 6.07) is 0. The molecule has 0 radical (unpaired) electrons. The molecule has 1 aromatic rings. The summed E-state index contributed by atoms with van der Waals surface area (Å²) in [4.78, 5) is 18.3. The fourth-order valence-corrected chi connectivity index (χ4v) is 5.93. The van der Waals surface area contributed by atoms with Crippen LogP contribution in [0.4, 0.5) is 0 Å². The maximum atomic E-state index is 13.6. The zero-order valence-electron chi connectivity index (χ0n) is 27.1. The second-order valence-corrected chi connectivity index (χ2v) is 12.8. The number of carbonyl (C=O) groups excluding carboxylic acids is 1. The number of fused-ring (bicyclic) bond motifs is 2. The summed E-state index contributed by atoms with van der Waals surface area (Å²) in [5, 5.41) is 57.0. The van der Waals surface area contributed by atoms with Gasteiger partial charge in [-0.25, -0.2) is 9.78 Å². The molecule has 2 rings (SSSR count). The number of allylic oxidation sites excluding steroid dienone is 5. The van der Waals surface area contributed by atoms with Gasteiger partial charge in [0.05, 0.1) is 35.1 Å². The largest absolute Gasteiger partial charge is 0.456 e. The molecule has 44 heavy (non-hydrogen) atoms. The minimum absolute atomic E-state index is 0.0866. The van der Waals surface area contributed by atoms with Gasteiger partial charge in [0.15, 0.2) is 0 Å². The summed E-state index contributed by atoms with van der Waals surface area (Å²) in [6.07, 6.45) is 9.78. The molecule has 0 amide bonds. The molecule has 1 aromatic heterocycles. The average Bonchev–Trinajstić information content (AvgIpc) is 3.47. The average molecular weight is 632 g/mol. The van der Waals surface area contributed by atoms with Crippen LogP contribution in [0.25, 0.3) is 6.08 Å². The highest BCUT2D eigenvalue weighted by atomic mass is 32.1. The van der Waals surface area contributed by atoms with Gasteiger partial charge in [-0.15, -0.1) is 11.3 Å². The molecule has 8 nitrogen and oxygen atoms in total. The Hall–Kier alpha value is -2.40. The first-order chi connectivity index (χ1) is 20.9. The molecule has 5 N–H and O–H groups in total. The van der Waals surface area contributed by atoms with Crippen molar-refractivity contribution in [3.63, 3.8) is 0 Å². The third kappa shape index (κ3) is 11.8. The van der Waals surface area contributed by atoms with Gasteiger partial charge < -0.3 is 30.3 Å². The van der Waals surface area contributed by atoms with Crippen LogP contribution < -0.4 is 0 Å². The third-order valence-electron chi connectivity index (χ3n) is 8.23. The number of hydrogen-bond acceptors (Lipinski definition) is 9. The summed E-state index contributed by atoms with van der Waals surface area (Å²) < 4.78 is 5.90. The van der Waals surface area contributed by atoms with Gasteiger partial charge in [0.2, 0.25) is 0 Å². The van der Waals surface area contributed by atoms with E-state index in [9.17, 15) is 30.3 Å². The number of hydrogen-bond donors (Lipinski definition) is 5. The Labute approximate surface area is 267 Å². The monoisotopic (exact) mass is 631 g/mol. The Bertz CT molecular complexity index is 1180. The second kappa shape index (κ2) is 19.2. The Kier molecular flexibility index (Phi) is 16.5. The van der Waals surface area contributed by atoms with Crippen LogP contribution in [-0.4, -0.2) is 73.1 Å². The molecule has 2 heterocycles. The predicted octanol–water partition coefficient (Wildman–Crippen LogP) is 5.77. The Morgan fingerprint density at radius 3 is 2.57 bits per heavy atom. The van der Waals surface area contributed by atoms with Gasteiger partial charge >= 0.3 is 5.97 Å². The highest BCUT2D eigenvalue weighted by molar-refractivity contribution is 7.09. The molecule has 2 unspecified atom stereocenters. The van der Waals surface area contributed by atoms with Crippen molar-refractivity contribution in [3.8, 4) is 0 Å². The van der Waals surface area contributed by atoms with Crippen LogP contribution in [0.15, 0.2) is 58.6 Å². The van der Waals surface area contributed by atoms with E-state index >= 15 is 0 Å². The van der Waals surface area contributed by atoms with Crippen LogP contribution in [0.3, 0.4) is 0 Å². The molecule has 2 bridgehead atoms. The first kappa shape index (κ1) is 37.8. The Morgan fingerprint density at radius 2 is 1.89 bits per heavy atom. The lowest BCUT2D eigenvalue weighted by Crippen LogP contribution is -2.46. The standard InChI is InChI=1S/C35H53NO7S/c1-7-9-10-12-15-26-19-27-21-44-34(36-27)24(5)29(38)20-28(37)16-13-11-14-17-30(43-35(26)42)33(41)32(40)25(6)31(39)23(4)18-22(3)8-2/h8,11,13-14,16,18-19,21,24-25,28-33,37-41H,7,9-10,12,15,17,20H2,1-6H3/b14-11?,16-13?,22-8+,23-18+,26-19?/t24-,25?,28-,29+,30+,31?,32-,33-/m0/s1. The number of aliphatic hydroxyl groups excluding tert-OH is 5.